The zero-order valence-electron chi connectivity index (χ0n) is 23.6. The summed E-state index contributed by atoms with van der Waals surface area (Å²) in [5, 5.41) is 0. The SMILES string of the molecule is CCCCCCC1(OCC(C)OP(=O)(O)OC(C)COC2(CCCCCC)C=CC=CC2)C=CC=CC1. The molecule has 2 aliphatic rings. The lowest BCUT2D eigenvalue weighted by molar-refractivity contribution is -0.0662. The number of rotatable bonds is 20. The number of allylic oxidation sites excluding steroid dienone is 4. The number of hydrogen-bond acceptors (Lipinski definition) is 5. The molecule has 7 heteroatoms. The van der Waals surface area contributed by atoms with E-state index in [2.05, 4.69) is 38.2 Å². The third-order valence-electron chi connectivity index (χ3n) is 6.97. The standard InChI is InChI=1S/C30H51O6P/c1-5-7-9-13-19-29(21-15-11-16-22-29)33-25-27(3)35-37(31,32)36-28(4)26-34-30(20-14-10-8-6-2)23-17-12-18-24-30/h11-12,15-18,21,23,27-28H,5-10,13-14,19-20,22,24-26H2,1-4H3,(H,31,32). The van der Waals surface area contributed by atoms with Crippen LogP contribution in [0, 0.1) is 0 Å². The summed E-state index contributed by atoms with van der Waals surface area (Å²) in [6, 6.07) is 0. The van der Waals surface area contributed by atoms with Gasteiger partial charge in [0.2, 0.25) is 0 Å². The molecule has 0 radical (unpaired) electrons. The maximum absolute atomic E-state index is 12.7. The van der Waals surface area contributed by atoms with Crippen LogP contribution in [0.3, 0.4) is 0 Å². The molecule has 1 N–H and O–H groups in total. The van der Waals surface area contributed by atoms with Crippen LogP contribution in [0.1, 0.15) is 105 Å². The van der Waals surface area contributed by atoms with Crippen LogP contribution in [0.15, 0.2) is 48.6 Å². The van der Waals surface area contributed by atoms with Gasteiger partial charge in [0, 0.05) is 0 Å². The van der Waals surface area contributed by atoms with Gasteiger partial charge in [0.05, 0.1) is 36.6 Å². The molecule has 0 saturated carbocycles. The van der Waals surface area contributed by atoms with Gasteiger partial charge in [-0.3, -0.25) is 9.05 Å². The van der Waals surface area contributed by atoms with Crippen molar-refractivity contribution in [2.24, 2.45) is 0 Å². The number of phosphoric acid groups is 1. The highest BCUT2D eigenvalue weighted by atomic mass is 31.2. The molecular formula is C30H51O6P. The highest BCUT2D eigenvalue weighted by Crippen LogP contribution is 2.46. The number of phosphoric ester groups is 1. The first kappa shape index (κ1) is 32.2. The second-order valence-electron chi connectivity index (χ2n) is 10.7. The number of ether oxygens (including phenoxy) is 2. The molecule has 0 amide bonds. The summed E-state index contributed by atoms with van der Waals surface area (Å²) in [6.45, 7) is 8.31. The van der Waals surface area contributed by atoms with Crippen molar-refractivity contribution in [2.45, 2.75) is 128 Å². The fourth-order valence-electron chi connectivity index (χ4n) is 4.83. The maximum atomic E-state index is 12.7. The zero-order chi connectivity index (χ0) is 27.0. The van der Waals surface area contributed by atoms with Crippen LogP contribution in [0.2, 0.25) is 0 Å². The van der Waals surface area contributed by atoms with Gasteiger partial charge < -0.3 is 14.4 Å². The number of hydrogen-bond donors (Lipinski definition) is 1. The van der Waals surface area contributed by atoms with Crippen molar-refractivity contribution in [2.75, 3.05) is 13.2 Å². The summed E-state index contributed by atoms with van der Waals surface area (Å²) >= 11 is 0. The average molecular weight is 539 g/mol. The van der Waals surface area contributed by atoms with E-state index in [1.54, 1.807) is 13.8 Å². The van der Waals surface area contributed by atoms with E-state index in [-0.39, 0.29) is 24.4 Å². The smallest absolute Gasteiger partial charge is 0.368 e. The third kappa shape index (κ3) is 12.6. The topological polar surface area (TPSA) is 74.2 Å². The predicted octanol–water partition coefficient (Wildman–Crippen LogP) is 8.38. The van der Waals surface area contributed by atoms with E-state index in [1.165, 1.54) is 38.5 Å². The second kappa shape index (κ2) is 16.8. The average Bonchev–Trinajstić information content (AvgIpc) is 2.88. The Hall–Kier alpha value is -1.01. The van der Waals surface area contributed by atoms with Crippen molar-refractivity contribution < 1.29 is 28.0 Å². The Morgan fingerprint density at radius 1 is 0.730 bits per heavy atom. The molecule has 0 saturated heterocycles. The molecule has 0 bridgehead atoms. The molecule has 0 heterocycles. The Morgan fingerprint density at radius 3 is 1.51 bits per heavy atom. The highest BCUT2D eigenvalue weighted by Gasteiger charge is 2.33. The van der Waals surface area contributed by atoms with E-state index in [1.807, 2.05) is 24.3 Å². The molecule has 0 aromatic carbocycles. The monoisotopic (exact) mass is 538 g/mol. The van der Waals surface area contributed by atoms with E-state index in [9.17, 15) is 9.46 Å². The van der Waals surface area contributed by atoms with Gasteiger partial charge in [-0.2, -0.15) is 0 Å². The third-order valence-corrected chi connectivity index (χ3v) is 8.22. The Morgan fingerprint density at radius 2 is 1.16 bits per heavy atom. The van der Waals surface area contributed by atoms with Gasteiger partial charge in [0.25, 0.3) is 0 Å². The minimum atomic E-state index is -4.27. The van der Waals surface area contributed by atoms with Gasteiger partial charge >= 0.3 is 7.82 Å². The van der Waals surface area contributed by atoms with E-state index in [4.69, 9.17) is 18.5 Å². The van der Waals surface area contributed by atoms with E-state index in [0.717, 1.165) is 38.5 Å². The van der Waals surface area contributed by atoms with Gasteiger partial charge in [-0.05, 0) is 39.5 Å². The van der Waals surface area contributed by atoms with Gasteiger partial charge in [0.15, 0.2) is 0 Å². The predicted molar refractivity (Wildman–Crippen MR) is 152 cm³/mol. The normalized spacial score (nSPS) is 26.3. The van der Waals surface area contributed by atoms with Gasteiger partial charge in [-0.25, -0.2) is 4.57 Å². The molecule has 212 valence electrons. The molecule has 4 atom stereocenters. The van der Waals surface area contributed by atoms with Crippen molar-refractivity contribution in [1.82, 2.24) is 0 Å². The van der Waals surface area contributed by atoms with Crippen LogP contribution in [-0.4, -0.2) is 41.5 Å². The molecule has 0 fully saturated rings. The van der Waals surface area contributed by atoms with Crippen LogP contribution in [0.25, 0.3) is 0 Å². The second-order valence-corrected chi connectivity index (χ2v) is 12.0. The Balaban J connectivity index is 1.81. The molecule has 0 spiro atoms. The van der Waals surface area contributed by atoms with E-state index < -0.39 is 20.0 Å². The largest absolute Gasteiger partial charge is 0.472 e. The van der Waals surface area contributed by atoms with Gasteiger partial charge in [0.1, 0.15) is 0 Å². The lowest BCUT2D eigenvalue weighted by Crippen LogP contribution is -2.35. The van der Waals surface area contributed by atoms with Crippen LogP contribution in [-0.2, 0) is 23.1 Å². The lowest BCUT2D eigenvalue weighted by atomic mass is 9.89. The molecule has 0 aromatic rings. The molecule has 2 aliphatic carbocycles. The molecule has 4 unspecified atom stereocenters. The summed E-state index contributed by atoms with van der Waals surface area (Å²) < 4.78 is 36.1. The summed E-state index contributed by atoms with van der Waals surface area (Å²) in [4.78, 5) is 10.4. The summed E-state index contributed by atoms with van der Waals surface area (Å²) in [5.74, 6) is 0. The summed E-state index contributed by atoms with van der Waals surface area (Å²) in [6.07, 6.45) is 28.1. The van der Waals surface area contributed by atoms with Crippen LogP contribution in [0.4, 0.5) is 0 Å². The van der Waals surface area contributed by atoms with Crippen molar-refractivity contribution >= 4 is 7.82 Å². The maximum Gasteiger partial charge on any atom is 0.472 e. The quantitative estimate of drug-likeness (QED) is 0.124. The molecular weight excluding hydrogens is 487 g/mol. The summed E-state index contributed by atoms with van der Waals surface area (Å²) in [5.41, 5.74) is -0.760. The van der Waals surface area contributed by atoms with Gasteiger partial charge in [-0.1, -0.05) is 114 Å². The molecule has 6 nitrogen and oxygen atoms in total. The Labute approximate surface area is 225 Å². The lowest BCUT2D eigenvalue weighted by Gasteiger charge is -2.34. The van der Waals surface area contributed by atoms with E-state index in [0.29, 0.717) is 0 Å². The molecule has 0 aliphatic heterocycles. The zero-order valence-corrected chi connectivity index (χ0v) is 24.5. The molecule has 0 aromatic heterocycles. The molecule has 37 heavy (non-hydrogen) atoms. The first-order chi connectivity index (χ1) is 17.7. The Kier molecular flexibility index (Phi) is 14.7. The van der Waals surface area contributed by atoms with Crippen molar-refractivity contribution in [3.05, 3.63) is 48.6 Å². The molecule has 2 rings (SSSR count). The summed E-state index contributed by atoms with van der Waals surface area (Å²) in [7, 11) is -4.27. The highest BCUT2D eigenvalue weighted by molar-refractivity contribution is 7.47. The van der Waals surface area contributed by atoms with Crippen molar-refractivity contribution in [3.63, 3.8) is 0 Å². The fourth-order valence-corrected chi connectivity index (χ4v) is 5.91. The first-order valence-electron chi connectivity index (χ1n) is 14.4. The minimum absolute atomic E-state index is 0.211. The van der Waals surface area contributed by atoms with Crippen molar-refractivity contribution in [3.8, 4) is 0 Å². The first-order valence-corrected chi connectivity index (χ1v) is 15.9. The fraction of sp³-hybridized carbons (Fsp3) is 0.733. The van der Waals surface area contributed by atoms with Crippen LogP contribution < -0.4 is 0 Å². The number of unbranched alkanes of at least 4 members (excludes halogenated alkanes) is 6. The van der Waals surface area contributed by atoms with Crippen LogP contribution >= 0.6 is 7.82 Å². The van der Waals surface area contributed by atoms with E-state index >= 15 is 0 Å². The minimum Gasteiger partial charge on any atom is -0.368 e. The van der Waals surface area contributed by atoms with Crippen molar-refractivity contribution in [1.29, 1.82) is 0 Å². The Bertz CT molecular complexity index is 744. The van der Waals surface area contributed by atoms with Crippen LogP contribution in [0.5, 0.6) is 0 Å². The van der Waals surface area contributed by atoms with Gasteiger partial charge in [-0.15, -0.1) is 0 Å².